The Labute approximate surface area is 121 Å². The summed E-state index contributed by atoms with van der Waals surface area (Å²) in [5, 5.41) is 11.3. The first-order valence-corrected chi connectivity index (χ1v) is 7.30. The number of carboxylic acid groups (broad SMARTS) is 1. The molecule has 20 heavy (non-hydrogen) atoms. The van der Waals surface area contributed by atoms with Crippen LogP contribution in [0.25, 0.3) is 0 Å². The lowest BCUT2D eigenvalue weighted by Gasteiger charge is -2.47. The topological polar surface area (TPSA) is 49.4 Å². The maximum Gasteiger partial charge on any atom is 0.0660 e. The lowest BCUT2D eigenvalue weighted by atomic mass is 9.66. The fraction of sp³-hybridized carbons (Fsp3) is 0.588. The lowest BCUT2D eigenvalue weighted by molar-refractivity contribution is -0.308. The van der Waals surface area contributed by atoms with E-state index in [4.69, 9.17) is 4.74 Å². The van der Waals surface area contributed by atoms with Gasteiger partial charge in [-0.05, 0) is 45.1 Å². The van der Waals surface area contributed by atoms with Crippen molar-refractivity contribution >= 4 is 5.97 Å². The SMILES string of the molecule is CC[C@]1(C)C[C@@](CC(=O)[O-])(c2ccc(C)cc2)CCO1. The third-order valence-corrected chi connectivity index (χ3v) is 4.64. The zero-order valence-corrected chi connectivity index (χ0v) is 12.6. The summed E-state index contributed by atoms with van der Waals surface area (Å²) >= 11 is 0. The Hall–Kier alpha value is -1.35. The van der Waals surface area contributed by atoms with E-state index < -0.39 is 5.97 Å². The molecule has 2 rings (SSSR count). The Morgan fingerprint density at radius 2 is 2.00 bits per heavy atom. The number of hydrogen-bond donors (Lipinski definition) is 0. The average Bonchev–Trinajstić information content (AvgIpc) is 2.38. The fourth-order valence-electron chi connectivity index (χ4n) is 3.26. The summed E-state index contributed by atoms with van der Waals surface area (Å²) < 4.78 is 5.88. The summed E-state index contributed by atoms with van der Waals surface area (Å²) in [6.45, 7) is 6.80. The van der Waals surface area contributed by atoms with E-state index in [1.807, 2.05) is 19.1 Å². The van der Waals surface area contributed by atoms with Gasteiger partial charge in [0.2, 0.25) is 0 Å². The van der Waals surface area contributed by atoms with Gasteiger partial charge in [-0.25, -0.2) is 0 Å². The second-order valence-corrected chi connectivity index (χ2v) is 6.27. The molecule has 1 heterocycles. The molecule has 0 spiro atoms. The Balaban J connectivity index is 2.39. The predicted octanol–water partition coefficient (Wildman–Crippen LogP) is 2.35. The van der Waals surface area contributed by atoms with Crippen LogP contribution in [0, 0.1) is 6.92 Å². The summed E-state index contributed by atoms with van der Waals surface area (Å²) in [5.74, 6) is -0.981. The molecule has 3 heteroatoms. The van der Waals surface area contributed by atoms with Crippen LogP contribution in [0.15, 0.2) is 24.3 Å². The van der Waals surface area contributed by atoms with E-state index in [0.717, 1.165) is 24.8 Å². The minimum atomic E-state index is -0.981. The molecule has 3 nitrogen and oxygen atoms in total. The van der Waals surface area contributed by atoms with Crippen molar-refractivity contribution in [1.82, 2.24) is 0 Å². The fourth-order valence-corrected chi connectivity index (χ4v) is 3.26. The van der Waals surface area contributed by atoms with E-state index in [1.165, 1.54) is 5.56 Å². The van der Waals surface area contributed by atoms with Gasteiger partial charge in [-0.1, -0.05) is 36.8 Å². The maximum absolute atomic E-state index is 11.3. The highest BCUT2D eigenvalue weighted by atomic mass is 16.5. The predicted molar refractivity (Wildman–Crippen MR) is 76.4 cm³/mol. The van der Waals surface area contributed by atoms with Crippen LogP contribution in [0.5, 0.6) is 0 Å². The van der Waals surface area contributed by atoms with Crippen molar-refractivity contribution in [1.29, 1.82) is 0 Å². The molecule has 0 N–H and O–H groups in total. The number of ether oxygens (including phenoxy) is 1. The minimum Gasteiger partial charge on any atom is -0.550 e. The first-order valence-electron chi connectivity index (χ1n) is 7.30. The Morgan fingerprint density at radius 3 is 2.55 bits per heavy atom. The molecule has 0 unspecified atom stereocenters. The van der Waals surface area contributed by atoms with Gasteiger partial charge in [0, 0.05) is 18.0 Å². The number of carbonyl (C=O) groups is 1. The van der Waals surface area contributed by atoms with Gasteiger partial charge < -0.3 is 14.6 Å². The van der Waals surface area contributed by atoms with Crippen molar-refractivity contribution in [2.75, 3.05) is 6.61 Å². The standard InChI is InChI=1S/C17H24O3/c1-4-16(3)12-17(9-10-20-16,11-15(18)19)14-7-5-13(2)6-8-14/h5-8H,4,9-12H2,1-3H3,(H,18,19)/p-1/t16-,17-/m1/s1. The highest BCUT2D eigenvalue weighted by Crippen LogP contribution is 2.45. The van der Waals surface area contributed by atoms with Gasteiger partial charge in [0.1, 0.15) is 0 Å². The third-order valence-electron chi connectivity index (χ3n) is 4.64. The van der Waals surface area contributed by atoms with Gasteiger partial charge in [-0.3, -0.25) is 0 Å². The van der Waals surface area contributed by atoms with Crippen molar-refractivity contribution in [3.63, 3.8) is 0 Å². The number of benzene rings is 1. The highest BCUT2D eigenvalue weighted by Gasteiger charge is 2.43. The molecular weight excluding hydrogens is 252 g/mol. The number of hydrogen-bond acceptors (Lipinski definition) is 3. The van der Waals surface area contributed by atoms with Gasteiger partial charge >= 0.3 is 0 Å². The Bertz CT molecular complexity index is 480. The Morgan fingerprint density at radius 1 is 1.35 bits per heavy atom. The minimum absolute atomic E-state index is 0.0645. The molecule has 1 fully saturated rings. The van der Waals surface area contributed by atoms with Gasteiger partial charge in [0.15, 0.2) is 0 Å². The number of aryl methyl sites for hydroxylation is 1. The lowest BCUT2D eigenvalue weighted by Crippen LogP contribution is -2.48. The van der Waals surface area contributed by atoms with Crippen LogP contribution in [-0.2, 0) is 14.9 Å². The van der Waals surface area contributed by atoms with Gasteiger partial charge in [-0.2, -0.15) is 0 Å². The molecule has 0 aromatic heterocycles. The Kier molecular flexibility index (Phi) is 4.19. The normalized spacial score (nSPS) is 30.1. The summed E-state index contributed by atoms with van der Waals surface area (Å²) in [4.78, 5) is 11.3. The third kappa shape index (κ3) is 3.04. The number of aliphatic carboxylic acids is 1. The molecule has 1 aromatic rings. The second kappa shape index (κ2) is 5.57. The molecule has 0 aliphatic carbocycles. The first kappa shape index (κ1) is 15.0. The van der Waals surface area contributed by atoms with E-state index in [-0.39, 0.29) is 17.4 Å². The van der Waals surface area contributed by atoms with Crippen molar-refractivity contribution < 1.29 is 14.6 Å². The molecule has 1 aliphatic heterocycles. The molecule has 1 saturated heterocycles. The molecule has 0 amide bonds. The first-order chi connectivity index (χ1) is 9.39. The monoisotopic (exact) mass is 275 g/mol. The van der Waals surface area contributed by atoms with Crippen molar-refractivity contribution in [2.45, 2.75) is 57.5 Å². The van der Waals surface area contributed by atoms with E-state index in [2.05, 4.69) is 26.0 Å². The van der Waals surface area contributed by atoms with Gasteiger partial charge in [0.05, 0.1) is 5.60 Å². The van der Waals surface area contributed by atoms with Gasteiger partial charge in [-0.15, -0.1) is 0 Å². The zero-order valence-electron chi connectivity index (χ0n) is 12.6. The van der Waals surface area contributed by atoms with Crippen molar-refractivity contribution in [3.8, 4) is 0 Å². The van der Waals surface area contributed by atoms with Crippen LogP contribution in [0.4, 0.5) is 0 Å². The molecule has 1 aromatic carbocycles. The summed E-state index contributed by atoms with van der Waals surface area (Å²) in [5.41, 5.74) is 1.66. The number of carboxylic acids is 1. The van der Waals surface area contributed by atoms with Crippen LogP contribution in [-0.4, -0.2) is 18.2 Å². The average molecular weight is 275 g/mol. The quantitative estimate of drug-likeness (QED) is 0.847. The highest BCUT2D eigenvalue weighted by molar-refractivity contribution is 5.67. The van der Waals surface area contributed by atoms with Gasteiger partial charge in [0.25, 0.3) is 0 Å². The molecule has 110 valence electrons. The molecule has 0 radical (unpaired) electrons. The molecule has 1 aliphatic rings. The van der Waals surface area contributed by atoms with E-state index >= 15 is 0 Å². The maximum atomic E-state index is 11.3. The van der Waals surface area contributed by atoms with Crippen LogP contribution in [0.2, 0.25) is 0 Å². The van der Waals surface area contributed by atoms with E-state index in [9.17, 15) is 9.90 Å². The van der Waals surface area contributed by atoms with Crippen molar-refractivity contribution in [3.05, 3.63) is 35.4 Å². The molecule has 0 bridgehead atoms. The second-order valence-electron chi connectivity index (χ2n) is 6.27. The molecule has 0 saturated carbocycles. The number of carbonyl (C=O) groups excluding carboxylic acids is 1. The van der Waals surface area contributed by atoms with Crippen LogP contribution in [0.3, 0.4) is 0 Å². The summed E-state index contributed by atoms with van der Waals surface area (Å²) in [6.07, 6.45) is 2.41. The van der Waals surface area contributed by atoms with Crippen molar-refractivity contribution in [2.24, 2.45) is 0 Å². The summed E-state index contributed by atoms with van der Waals surface area (Å²) in [7, 11) is 0. The molecular formula is C17H23O3-. The zero-order chi connectivity index (χ0) is 14.8. The van der Waals surface area contributed by atoms with Crippen LogP contribution >= 0.6 is 0 Å². The van der Waals surface area contributed by atoms with Crippen LogP contribution < -0.4 is 5.11 Å². The van der Waals surface area contributed by atoms with E-state index in [0.29, 0.717) is 6.61 Å². The smallest absolute Gasteiger partial charge is 0.0660 e. The van der Waals surface area contributed by atoms with E-state index in [1.54, 1.807) is 0 Å². The molecule has 2 atom stereocenters. The number of rotatable bonds is 4. The largest absolute Gasteiger partial charge is 0.550 e. The van der Waals surface area contributed by atoms with Crippen LogP contribution in [0.1, 0.15) is 50.7 Å². The summed E-state index contributed by atoms with van der Waals surface area (Å²) in [6, 6.07) is 8.20.